The summed E-state index contributed by atoms with van der Waals surface area (Å²) in [5.41, 5.74) is 2.28. The van der Waals surface area contributed by atoms with Gasteiger partial charge in [0.05, 0.1) is 14.2 Å². The highest BCUT2D eigenvalue weighted by atomic mass is 16.5. The molecular formula is C18H24N4O2. The molecule has 6 nitrogen and oxygen atoms in total. The Kier molecular flexibility index (Phi) is 6.89. The molecule has 0 aliphatic carbocycles. The minimum Gasteiger partial charge on any atom is -0.493 e. The molecule has 0 aliphatic heterocycles. The first-order chi connectivity index (χ1) is 11.8. The Labute approximate surface area is 142 Å². The quantitative estimate of drug-likeness (QED) is 0.601. The van der Waals surface area contributed by atoms with Crippen LogP contribution in [-0.2, 0) is 13.0 Å². The van der Waals surface area contributed by atoms with E-state index < -0.39 is 0 Å². The number of guanidine groups is 1. The average Bonchev–Trinajstić information content (AvgIpc) is 2.65. The van der Waals surface area contributed by atoms with Crippen molar-refractivity contribution >= 4 is 5.96 Å². The molecule has 0 spiro atoms. The Balaban J connectivity index is 1.83. The van der Waals surface area contributed by atoms with Gasteiger partial charge in [0.15, 0.2) is 17.5 Å². The van der Waals surface area contributed by atoms with Gasteiger partial charge in [-0.05, 0) is 35.7 Å². The van der Waals surface area contributed by atoms with Gasteiger partial charge in [-0.2, -0.15) is 0 Å². The van der Waals surface area contributed by atoms with Crippen molar-refractivity contribution in [3.05, 3.63) is 53.9 Å². The van der Waals surface area contributed by atoms with Gasteiger partial charge in [-0.25, -0.2) is 0 Å². The molecule has 2 aromatic rings. The number of methoxy groups -OCH3 is 2. The highest BCUT2D eigenvalue weighted by molar-refractivity contribution is 5.79. The van der Waals surface area contributed by atoms with Crippen molar-refractivity contribution in [2.24, 2.45) is 4.99 Å². The summed E-state index contributed by atoms with van der Waals surface area (Å²) >= 11 is 0. The fourth-order valence-corrected chi connectivity index (χ4v) is 2.27. The maximum absolute atomic E-state index is 5.32. The third kappa shape index (κ3) is 5.15. The van der Waals surface area contributed by atoms with Gasteiger partial charge < -0.3 is 20.1 Å². The standard InChI is InChI=1S/C18H24N4O2/c1-19-18(21-10-8-14-5-4-9-20-12-14)22-13-15-6-7-16(23-2)17(11-15)24-3/h4-7,9,11-12H,8,10,13H2,1-3H3,(H2,19,21,22). The molecule has 0 amide bonds. The summed E-state index contributed by atoms with van der Waals surface area (Å²) in [5.74, 6) is 2.20. The normalized spacial score (nSPS) is 11.0. The Morgan fingerprint density at radius 1 is 1.08 bits per heavy atom. The van der Waals surface area contributed by atoms with Crippen LogP contribution in [0.4, 0.5) is 0 Å². The van der Waals surface area contributed by atoms with Crippen LogP contribution in [0.5, 0.6) is 11.5 Å². The van der Waals surface area contributed by atoms with Crippen LogP contribution in [0, 0.1) is 0 Å². The zero-order valence-electron chi connectivity index (χ0n) is 14.4. The van der Waals surface area contributed by atoms with Crippen molar-refractivity contribution in [1.29, 1.82) is 0 Å². The summed E-state index contributed by atoms with van der Waals surface area (Å²) in [5, 5.41) is 6.58. The average molecular weight is 328 g/mol. The molecule has 0 saturated carbocycles. The number of hydrogen-bond donors (Lipinski definition) is 2. The van der Waals surface area contributed by atoms with Crippen molar-refractivity contribution in [2.75, 3.05) is 27.8 Å². The predicted molar refractivity (Wildman–Crippen MR) is 95.7 cm³/mol. The number of aromatic nitrogens is 1. The first-order valence-electron chi connectivity index (χ1n) is 7.81. The van der Waals surface area contributed by atoms with Crippen molar-refractivity contribution in [2.45, 2.75) is 13.0 Å². The summed E-state index contributed by atoms with van der Waals surface area (Å²) < 4.78 is 10.6. The van der Waals surface area contributed by atoms with Crippen LogP contribution in [0.15, 0.2) is 47.7 Å². The predicted octanol–water partition coefficient (Wildman–Crippen LogP) is 2.01. The summed E-state index contributed by atoms with van der Waals surface area (Å²) in [4.78, 5) is 8.35. The molecule has 6 heteroatoms. The van der Waals surface area contributed by atoms with Crippen molar-refractivity contribution in [3.63, 3.8) is 0 Å². The van der Waals surface area contributed by atoms with Gasteiger partial charge >= 0.3 is 0 Å². The van der Waals surface area contributed by atoms with Crippen molar-refractivity contribution < 1.29 is 9.47 Å². The minimum atomic E-state index is 0.646. The first kappa shape index (κ1) is 17.6. The maximum Gasteiger partial charge on any atom is 0.191 e. The molecular weight excluding hydrogens is 304 g/mol. The zero-order chi connectivity index (χ0) is 17.2. The van der Waals surface area contributed by atoms with Gasteiger partial charge in [0, 0.05) is 32.5 Å². The molecule has 0 fully saturated rings. The van der Waals surface area contributed by atoms with Gasteiger partial charge in [-0.3, -0.25) is 9.98 Å². The lowest BCUT2D eigenvalue weighted by Crippen LogP contribution is -2.37. The van der Waals surface area contributed by atoms with E-state index in [1.165, 1.54) is 5.56 Å². The van der Waals surface area contributed by atoms with Gasteiger partial charge in [-0.15, -0.1) is 0 Å². The molecule has 1 aromatic heterocycles. The summed E-state index contributed by atoms with van der Waals surface area (Å²) in [6.45, 7) is 1.43. The van der Waals surface area contributed by atoms with E-state index in [1.807, 2.05) is 30.5 Å². The van der Waals surface area contributed by atoms with Crippen LogP contribution in [-0.4, -0.2) is 38.8 Å². The van der Waals surface area contributed by atoms with E-state index in [1.54, 1.807) is 27.5 Å². The molecule has 0 atom stereocenters. The fourth-order valence-electron chi connectivity index (χ4n) is 2.27. The molecule has 128 valence electrons. The van der Waals surface area contributed by atoms with E-state index in [4.69, 9.17) is 9.47 Å². The van der Waals surface area contributed by atoms with Crippen LogP contribution in [0.1, 0.15) is 11.1 Å². The molecule has 2 rings (SSSR count). The highest BCUT2D eigenvalue weighted by Crippen LogP contribution is 2.27. The fraction of sp³-hybridized carbons (Fsp3) is 0.333. The van der Waals surface area contributed by atoms with Crippen LogP contribution in [0.3, 0.4) is 0 Å². The lowest BCUT2D eigenvalue weighted by Gasteiger charge is -2.13. The minimum absolute atomic E-state index is 0.646. The second-order valence-electron chi connectivity index (χ2n) is 5.15. The van der Waals surface area contributed by atoms with Gasteiger partial charge in [0.25, 0.3) is 0 Å². The Hall–Kier alpha value is -2.76. The van der Waals surface area contributed by atoms with Crippen LogP contribution >= 0.6 is 0 Å². The van der Waals surface area contributed by atoms with E-state index in [0.29, 0.717) is 6.54 Å². The number of aliphatic imine (C=N–C) groups is 1. The van der Waals surface area contributed by atoms with Gasteiger partial charge in [0.1, 0.15) is 0 Å². The molecule has 0 bridgehead atoms. The summed E-state index contributed by atoms with van der Waals surface area (Å²) in [6.07, 6.45) is 4.55. The van der Waals surface area contributed by atoms with Crippen LogP contribution in [0.25, 0.3) is 0 Å². The van der Waals surface area contributed by atoms with Crippen LogP contribution in [0.2, 0.25) is 0 Å². The maximum atomic E-state index is 5.32. The monoisotopic (exact) mass is 328 g/mol. The number of hydrogen-bond acceptors (Lipinski definition) is 4. The number of ether oxygens (including phenoxy) is 2. The number of benzene rings is 1. The van der Waals surface area contributed by atoms with Crippen molar-refractivity contribution in [3.8, 4) is 11.5 Å². The third-order valence-corrected chi connectivity index (χ3v) is 3.56. The van der Waals surface area contributed by atoms with E-state index >= 15 is 0 Å². The SMILES string of the molecule is CN=C(NCCc1cccnc1)NCc1ccc(OC)c(OC)c1. The zero-order valence-corrected chi connectivity index (χ0v) is 14.4. The van der Waals surface area contributed by atoms with E-state index in [9.17, 15) is 0 Å². The van der Waals surface area contributed by atoms with Gasteiger partial charge in [0.2, 0.25) is 0 Å². The smallest absolute Gasteiger partial charge is 0.191 e. The molecule has 1 aromatic carbocycles. The van der Waals surface area contributed by atoms with E-state index in [0.717, 1.165) is 36.0 Å². The van der Waals surface area contributed by atoms with Gasteiger partial charge in [-0.1, -0.05) is 12.1 Å². The Morgan fingerprint density at radius 3 is 2.58 bits per heavy atom. The Morgan fingerprint density at radius 2 is 1.92 bits per heavy atom. The second kappa shape index (κ2) is 9.39. The van der Waals surface area contributed by atoms with Crippen LogP contribution < -0.4 is 20.1 Å². The number of nitrogens with one attached hydrogen (secondary N) is 2. The first-order valence-corrected chi connectivity index (χ1v) is 7.81. The van der Waals surface area contributed by atoms with E-state index in [-0.39, 0.29) is 0 Å². The van der Waals surface area contributed by atoms with Crippen molar-refractivity contribution in [1.82, 2.24) is 15.6 Å². The molecule has 0 unspecified atom stereocenters. The highest BCUT2D eigenvalue weighted by Gasteiger charge is 2.05. The number of pyridine rings is 1. The summed E-state index contributed by atoms with van der Waals surface area (Å²) in [6, 6.07) is 9.86. The topological polar surface area (TPSA) is 67.8 Å². The molecule has 2 N–H and O–H groups in total. The molecule has 0 saturated heterocycles. The largest absolute Gasteiger partial charge is 0.493 e. The molecule has 0 aliphatic rings. The molecule has 1 heterocycles. The lowest BCUT2D eigenvalue weighted by molar-refractivity contribution is 0.354. The number of nitrogens with zero attached hydrogens (tertiary/aromatic N) is 2. The second-order valence-corrected chi connectivity index (χ2v) is 5.15. The molecule has 24 heavy (non-hydrogen) atoms. The molecule has 0 radical (unpaired) electrons. The Bertz CT molecular complexity index is 659. The number of rotatable bonds is 7. The third-order valence-electron chi connectivity index (χ3n) is 3.56. The van der Waals surface area contributed by atoms with E-state index in [2.05, 4.69) is 26.7 Å². The lowest BCUT2D eigenvalue weighted by atomic mass is 10.2. The summed E-state index contributed by atoms with van der Waals surface area (Å²) in [7, 11) is 5.02.